The van der Waals surface area contributed by atoms with Crippen molar-refractivity contribution >= 4 is 5.97 Å². The Morgan fingerprint density at radius 1 is 1.54 bits per heavy atom. The fourth-order valence-corrected chi connectivity index (χ4v) is 2.59. The number of carboxylic acid groups (broad SMARTS) is 1. The molecule has 0 spiro atoms. The predicted octanol–water partition coefficient (Wildman–Crippen LogP) is 1.65. The lowest BCUT2D eigenvalue weighted by Crippen LogP contribution is -2.34. The van der Waals surface area contributed by atoms with E-state index in [1.54, 1.807) is 0 Å². The number of rotatable bonds is 2. The molecule has 1 fully saturated rings. The maximum absolute atomic E-state index is 10.6. The van der Waals surface area contributed by atoms with E-state index in [4.69, 9.17) is 5.11 Å². The average Bonchev–Trinajstić information content (AvgIpc) is 1.98. The van der Waals surface area contributed by atoms with Crippen molar-refractivity contribution in [2.45, 2.75) is 45.6 Å². The minimum atomic E-state index is -0.991. The molecule has 3 nitrogen and oxygen atoms in total. The Hall–Kier alpha value is -0.570. The Labute approximate surface area is 78.8 Å². The topological polar surface area (TPSA) is 57.5 Å². The highest BCUT2D eigenvalue weighted by Crippen LogP contribution is 2.48. The van der Waals surface area contributed by atoms with Crippen LogP contribution in [0.3, 0.4) is 0 Å². The number of hydrogen-bond donors (Lipinski definition) is 2. The molecule has 0 heterocycles. The first-order chi connectivity index (χ1) is 5.75. The first kappa shape index (κ1) is 10.5. The molecular weight excluding hydrogens is 168 g/mol. The van der Waals surface area contributed by atoms with Crippen LogP contribution in [0.2, 0.25) is 0 Å². The Balaban J connectivity index is 2.75. The van der Waals surface area contributed by atoms with Gasteiger partial charge in [0.1, 0.15) is 0 Å². The fraction of sp³-hybridized carbons (Fsp3) is 0.900. The monoisotopic (exact) mass is 186 g/mol. The molecule has 0 aliphatic heterocycles. The van der Waals surface area contributed by atoms with Gasteiger partial charge in [0.15, 0.2) is 0 Å². The van der Waals surface area contributed by atoms with E-state index in [0.717, 1.165) is 6.42 Å². The first-order valence-electron chi connectivity index (χ1n) is 4.69. The van der Waals surface area contributed by atoms with E-state index >= 15 is 0 Å². The fourth-order valence-electron chi connectivity index (χ4n) is 2.59. The summed E-state index contributed by atoms with van der Waals surface area (Å²) in [6.07, 6.45) is 1.36. The lowest BCUT2D eigenvalue weighted by molar-refractivity contribution is -0.144. The van der Waals surface area contributed by atoms with E-state index in [0.29, 0.717) is 6.42 Å². The van der Waals surface area contributed by atoms with Crippen LogP contribution in [-0.2, 0) is 4.79 Å². The number of hydrogen-bond acceptors (Lipinski definition) is 2. The maximum Gasteiger partial charge on any atom is 0.306 e. The summed E-state index contributed by atoms with van der Waals surface area (Å²) < 4.78 is 0. The van der Waals surface area contributed by atoms with Crippen LogP contribution in [0, 0.1) is 11.3 Å². The second-order valence-corrected chi connectivity index (χ2v) is 5.12. The standard InChI is InChI=1S/C10H18O3/c1-7-4-9(2,3)6-10(7,13)5-8(11)12/h7,13H,4-6H2,1-3H3,(H,11,12). The molecule has 1 rings (SSSR count). The average molecular weight is 186 g/mol. The summed E-state index contributed by atoms with van der Waals surface area (Å²) in [5.41, 5.74) is -0.918. The minimum Gasteiger partial charge on any atom is -0.481 e. The Morgan fingerprint density at radius 3 is 2.38 bits per heavy atom. The quantitative estimate of drug-likeness (QED) is 0.689. The molecule has 3 heteroatoms. The Morgan fingerprint density at radius 2 is 2.08 bits per heavy atom. The lowest BCUT2D eigenvalue weighted by Gasteiger charge is -2.26. The van der Waals surface area contributed by atoms with E-state index in [1.807, 2.05) is 6.92 Å². The van der Waals surface area contributed by atoms with Gasteiger partial charge in [-0.1, -0.05) is 20.8 Å². The lowest BCUT2D eigenvalue weighted by atomic mass is 9.87. The molecule has 1 aliphatic rings. The van der Waals surface area contributed by atoms with Crippen LogP contribution in [0.25, 0.3) is 0 Å². The third kappa shape index (κ3) is 2.21. The summed E-state index contributed by atoms with van der Waals surface area (Å²) >= 11 is 0. The van der Waals surface area contributed by atoms with Gasteiger partial charge in [-0.05, 0) is 24.2 Å². The van der Waals surface area contributed by atoms with Crippen molar-refractivity contribution in [3.8, 4) is 0 Å². The van der Waals surface area contributed by atoms with Crippen molar-refractivity contribution in [2.75, 3.05) is 0 Å². The van der Waals surface area contributed by atoms with Gasteiger partial charge in [0.2, 0.25) is 0 Å². The molecule has 2 N–H and O–H groups in total. The van der Waals surface area contributed by atoms with Crippen LogP contribution >= 0.6 is 0 Å². The third-order valence-electron chi connectivity index (χ3n) is 3.02. The normalized spacial score (nSPS) is 37.7. The van der Waals surface area contributed by atoms with E-state index in [-0.39, 0.29) is 17.8 Å². The van der Waals surface area contributed by atoms with Gasteiger partial charge < -0.3 is 10.2 Å². The highest BCUT2D eigenvalue weighted by atomic mass is 16.4. The van der Waals surface area contributed by atoms with Crippen LogP contribution in [0.1, 0.15) is 40.0 Å². The largest absolute Gasteiger partial charge is 0.481 e. The molecule has 0 aromatic heterocycles. The summed E-state index contributed by atoms with van der Waals surface area (Å²) in [7, 11) is 0. The summed E-state index contributed by atoms with van der Waals surface area (Å²) in [4.78, 5) is 10.6. The van der Waals surface area contributed by atoms with Gasteiger partial charge in [-0.2, -0.15) is 0 Å². The summed E-state index contributed by atoms with van der Waals surface area (Å²) in [5, 5.41) is 18.8. The van der Waals surface area contributed by atoms with E-state index in [2.05, 4.69) is 13.8 Å². The molecule has 0 aromatic carbocycles. The number of carboxylic acids is 1. The molecule has 13 heavy (non-hydrogen) atoms. The smallest absolute Gasteiger partial charge is 0.306 e. The highest BCUT2D eigenvalue weighted by molar-refractivity contribution is 5.68. The molecule has 1 saturated carbocycles. The molecule has 0 amide bonds. The van der Waals surface area contributed by atoms with E-state index < -0.39 is 11.6 Å². The molecule has 2 atom stereocenters. The Bertz CT molecular complexity index is 222. The Kier molecular flexibility index (Phi) is 2.41. The van der Waals surface area contributed by atoms with Crippen molar-refractivity contribution in [1.29, 1.82) is 0 Å². The number of carbonyl (C=O) groups is 1. The molecule has 1 aliphatic carbocycles. The molecular formula is C10H18O3. The van der Waals surface area contributed by atoms with Gasteiger partial charge >= 0.3 is 5.97 Å². The van der Waals surface area contributed by atoms with Crippen molar-refractivity contribution < 1.29 is 15.0 Å². The van der Waals surface area contributed by atoms with Crippen LogP contribution in [0.5, 0.6) is 0 Å². The third-order valence-corrected chi connectivity index (χ3v) is 3.02. The highest BCUT2D eigenvalue weighted by Gasteiger charge is 2.48. The van der Waals surface area contributed by atoms with Crippen molar-refractivity contribution in [2.24, 2.45) is 11.3 Å². The van der Waals surface area contributed by atoms with Crippen LogP contribution in [0.4, 0.5) is 0 Å². The zero-order chi connectivity index (χ0) is 10.3. The van der Waals surface area contributed by atoms with Crippen molar-refractivity contribution in [1.82, 2.24) is 0 Å². The number of aliphatic carboxylic acids is 1. The van der Waals surface area contributed by atoms with Gasteiger partial charge in [0.05, 0.1) is 12.0 Å². The molecule has 2 unspecified atom stereocenters. The molecule has 0 saturated heterocycles. The van der Waals surface area contributed by atoms with Gasteiger partial charge in [-0.25, -0.2) is 0 Å². The second kappa shape index (κ2) is 2.98. The maximum atomic E-state index is 10.6. The van der Waals surface area contributed by atoms with Gasteiger partial charge in [-0.3, -0.25) is 4.79 Å². The number of aliphatic hydroxyl groups is 1. The van der Waals surface area contributed by atoms with Crippen LogP contribution < -0.4 is 0 Å². The molecule has 0 aromatic rings. The molecule has 0 radical (unpaired) electrons. The first-order valence-corrected chi connectivity index (χ1v) is 4.69. The predicted molar refractivity (Wildman–Crippen MR) is 49.4 cm³/mol. The van der Waals surface area contributed by atoms with Gasteiger partial charge in [-0.15, -0.1) is 0 Å². The zero-order valence-corrected chi connectivity index (χ0v) is 8.50. The second-order valence-electron chi connectivity index (χ2n) is 5.12. The van der Waals surface area contributed by atoms with Crippen LogP contribution in [0.15, 0.2) is 0 Å². The molecule has 76 valence electrons. The van der Waals surface area contributed by atoms with Gasteiger partial charge in [0, 0.05) is 0 Å². The van der Waals surface area contributed by atoms with Crippen molar-refractivity contribution in [3.05, 3.63) is 0 Å². The van der Waals surface area contributed by atoms with E-state index in [1.165, 1.54) is 0 Å². The summed E-state index contributed by atoms with van der Waals surface area (Å²) in [5.74, 6) is -0.828. The van der Waals surface area contributed by atoms with E-state index in [9.17, 15) is 9.90 Å². The summed E-state index contributed by atoms with van der Waals surface area (Å²) in [6.45, 7) is 6.07. The van der Waals surface area contributed by atoms with Crippen LogP contribution in [-0.4, -0.2) is 21.8 Å². The molecule has 0 bridgehead atoms. The van der Waals surface area contributed by atoms with Gasteiger partial charge in [0.25, 0.3) is 0 Å². The zero-order valence-electron chi connectivity index (χ0n) is 8.50. The summed E-state index contributed by atoms with van der Waals surface area (Å²) in [6, 6.07) is 0. The SMILES string of the molecule is CC1CC(C)(C)CC1(O)CC(=O)O. The van der Waals surface area contributed by atoms with Crippen molar-refractivity contribution in [3.63, 3.8) is 0 Å². The minimum absolute atomic E-state index is 0.0730.